The minimum absolute atomic E-state index is 0.0267. The van der Waals surface area contributed by atoms with Crippen LogP contribution >= 0.6 is 0 Å². The molecule has 2 aliphatic rings. The summed E-state index contributed by atoms with van der Waals surface area (Å²) in [6.07, 6.45) is 6.39. The maximum absolute atomic E-state index is 13.1. The predicted molar refractivity (Wildman–Crippen MR) is 94.5 cm³/mol. The van der Waals surface area contributed by atoms with E-state index in [1.165, 1.54) is 0 Å². The molecule has 2 atom stereocenters. The summed E-state index contributed by atoms with van der Waals surface area (Å²) < 4.78 is 9.59. The summed E-state index contributed by atoms with van der Waals surface area (Å²) in [7, 11) is 1.90. The molecule has 0 aromatic carbocycles. The molecule has 0 radical (unpaired) electrons. The Morgan fingerprint density at radius 1 is 1.31 bits per heavy atom. The highest BCUT2D eigenvalue weighted by molar-refractivity contribution is 5.94. The number of carbonyl (C=O) groups excluding carboxylic acids is 1. The number of aryl methyl sites for hydroxylation is 1. The van der Waals surface area contributed by atoms with Gasteiger partial charge in [-0.15, -0.1) is 5.10 Å². The van der Waals surface area contributed by atoms with Crippen LogP contribution in [0, 0.1) is 5.92 Å². The lowest BCUT2D eigenvalue weighted by atomic mass is 9.95. The van der Waals surface area contributed by atoms with Crippen molar-refractivity contribution < 1.29 is 9.53 Å². The lowest BCUT2D eigenvalue weighted by molar-refractivity contribution is -0.00907. The summed E-state index contributed by atoms with van der Waals surface area (Å²) in [4.78, 5) is 15.1. The zero-order valence-corrected chi connectivity index (χ0v) is 15.6. The van der Waals surface area contributed by atoms with E-state index in [9.17, 15) is 4.79 Å². The molecular weight excluding hydrogens is 332 g/mol. The molecule has 140 valence electrons. The number of amides is 1. The van der Waals surface area contributed by atoms with E-state index in [1.54, 1.807) is 6.20 Å². The van der Waals surface area contributed by atoms with Crippen LogP contribution in [0.25, 0.3) is 0 Å². The van der Waals surface area contributed by atoms with Crippen LogP contribution in [0.4, 0.5) is 0 Å². The quantitative estimate of drug-likeness (QED) is 0.832. The van der Waals surface area contributed by atoms with Crippen molar-refractivity contribution in [3.63, 3.8) is 0 Å². The Morgan fingerprint density at radius 2 is 2.08 bits per heavy atom. The Labute approximate surface area is 153 Å². The van der Waals surface area contributed by atoms with Gasteiger partial charge in [-0.1, -0.05) is 5.21 Å². The molecule has 4 heterocycles. The number of fused-ring (bicyclic) bond motifs is 1. The fourth-order valence-corrected chi connectivity index (χ4v) is 4.27. The second-order valence-electron chi connectivity index (χ2n) is 7.49. The number of piperidine rings is 1. The molecule has 0 spiro atoms. The van der Waals surface area contributed by atoms with Crippen molar-refractivity contribution in [3.8, 4) is 0 Å². The molecule has 2 aromatic rings. The van der Waals surface area contributed by atoms with E-state index >= 15 is 0 Å². The summed E-state index contributed by atoms with van der Waals surface area (Å²) in [5, 5.41) is 12.4. The number of aromatic nitrogens is 5. The Balaban J connectivity index is 1.45. The van der Waals surface area contributed by atoms with Gasteiger partial charge in [-0.25, -0.2) is 0 Å². The minimum Gasteiger partial charge on any atom is -0.369 e. The second kappa shape index (κ2) is 6.83. The number of rotatable bonds is 3. The number of nitrogens with zero attached hydrogens (tertiary/aromatic N) is 6. The van der Waals surface area contributed by atoms with Gasteiger partial charge in [-0.05, 0) is 32.6 Å². The van der Waals surface area contributed by atoms with Crippen LogP contribution in [0.5, 0.6) is 0 Å². The van der Waals surface area contributed by atoms with Gasteiger partial charge in [0.05, 0.1) is 24.1 Å². The normalized spacial score (nSPS) is 23.9. The molecule has 26 heavy (non-hydrogen) atoms. The van der Waals surface area contributed by atoms with Crippen LogP contribution in [0.1, 0.15) is 54.5 Å². The molecule has 2 aliphatic heterocycles. The SMILES string of the molecule is C[C@@H]1Cc2c(C(=O)N3CCC(Cn4ccnn4)CC3)nn(C)c2[C@H](C)O1. The van der Waals surface area contributed by atoms with Crippen molar-refractivity contribution in [2.45, 2.75) is 51.9 Å². The molecule has 1 fully saturated rings. The van der Waals surface area contributed by atoms with Crippen LogP contribution in [-0.4, -0.2) is 54.8 Å². The lowest BCUT2D eigenvalue weighted by Crippen LogP contribution is -2.40. The van der Waals surface area contributed by atoms with Crippen LogP contribution in [0.15, 0.2) is 12.4 Å². The van der Waals surface area contributed by atoms with Crippen molar-refractivity contribution in [1.82, 2.24) is 29.7 Å². The monoisotopic (exact) mass is 358 g/mol. The fourth-order valence-electron chi connectivity index (χ4n) is 4.27. The molecule has 1 saturated heterocycles. The maximum Gasteiger partial charge on any atom is 0.274 e. The summed E-state index contributed by atoms with van der Waals surface area (Å²) in [6, 6.07) is 0. The maximum atomic E-state index is 13.1. The van der Waals surface area contributed by atoms with Crippen LogP contribution in [0.3, 0.4) is 0 Å². The van der Waals surface area contributed by atoms with Crippen molar-refractivity contribution in [3.05, 3.63) is 29.3 Å². The second-order valence-corrected chi connectivity index (χ2v) is 7.49. The van der Waals surface area contributed by atoms with E-state index in [0.29, 0.717) is 11.6 Å². The molecule has 2 aromatic heterocycles. The van der Waals surface area contributed by atoms with Crippen molar-refractivity contribution in [2.24, 2.45) is 13.0 Å². The van der Waals surface area contributed by atoms with Gasteiger partial charge in [0, 0.05) is 44.9 Å². The van der Waals surface area contributed by atoms with E-state index < -0.39 is 0 Å². The highest BCUT2D eigenvalue weighted by Gasteiger charge is 2.34. The molecule has 0 unspecified atom stereocenters. The van der Waals surface area contributed by atoms with E-state index in [0.717, 1.165) is 50.2 Å². The van der Waals surface area contributed by atoms with E-state index in [2.05, 4.69) is 22.3 Å². The van der Waals surface area contributed by atoms with Gasteiger partial charge in [-0.3, -0.25) is 14.2 Å². The topological polar surface area (TPSA) is 78.1 Å². The zero-order valence-electron chi connectivity index (χ0n) is 15.6. The number of hydrogen-bond donors (Lipinski definition) is 0. The first-order chi connectivity index (χ1) is 12.5. The number of hydrogen-bond acceptors (Lipinski definition) is 5. The van der Waals surface area contributed by atoms with Gasteiger partial charge in [0.25, 0.3) is 5.91 Å². The average Bonchev–Trinajstić information content (AvgIpc) is 3.23. The molecule has 0 N–H and O–H groups in total. The van der Waals surface area contributed by atoms with Crippen molar-refractivity contribution >= 4 is 5.91 Å². The van der Waals surface area contributed by atoms with E-state index in [-0.39, 0.29) is 18.1 Å². The van der Waals surface area contributed by atoms with Gasteiger partial charge >= 0.3 is 0 Å². The van der Waals surface area contributed by atoms with Crippen molar-refractivity contribution in [1.29, 1.82) is 0 Å². The average molecular weight is 358 g/mol. The number of likely N-dealkylation sites (tertiary alicyclic amines) is 1. The number of ether oxygens (including phenoxy) is 1. The van der Waals surface area contributed by atoms with Gasteiger partial charge in [0.15, 0.2) is 5.69 Å². The minimum atomic E-state index is -0.0267. The van der Waals surface area contributed by atoms with Gasteiger partial charge < -0.3 is 9.64 Å². The molecule has 1 amide bonds. The molecule has 4 rings (SSSR count). The highest BCUT2D eigenvalue weighted by atomic mass is 16.5. The summed E-state index contributed by atoms with van der Waals surface area (Å²) >= 11 is 0. The van der Waals surface area contributed by atoms with E-state index in [1.807, 2.05) is 34.4 Å². The Bertz CT molecular complexity index is 776. The number of carbonyl (C=O) groups is 1. The fraction of sp³-hybridized carbons (Fsp3) is 0.667. The summed E-state index contributed by atoms with van der Waals surface area (Å²) in [5.41, 5.74) is 2.71. The van der Waals surface area contributed by atoms with Gasteiger partial charge in [0.2, 0.25) is 0 Å². The Hall–Kier alpha value is -2.22. The van der Waals surface area contributed by atoms with Crippen molar-refractivity contribution in [2.75, 3.05) is 13.1 Å². The third kappa shape index (κ3) is 3.13. The molecular formula is C18H26N6O2. The summed E-state index contributed by atoms with van der Waals surface area (Å²) in [6.45, 7) is 6.49. The standard InChI is InChI=1S/C18H26N6O2/c1-12-10-15-16(20-22(3)17(15)13(2)26-12)18(25)23-7-4-14(5-8-23)11-24-9-6-19-21-24/h6,9,12-14H,4-5,7-8,10-11H2,1-3H3/t12-,13+/m1/s1. The molecule has 8 heteroatoms. The largest absolute Gasteiger partial charge is 0.369 e. The first-order valence-electron chi connectivity index (χ1n) is 9.37. The Kier molecular flexibility index (Phi) is 4.52. The third-order valence-electron chi connectivity index (χ3n) is 5.53. The molecule has 8 nitrogen and oxygen atoms in total. The molecule has 0 saturated carbocycles. The predicted octanol–water partition coefficient (Wildman–Crippen LogP) is 1.59. The van der Waals surface area contributed by atoms with Gasteiger partial charge in [0.1, 0.15) is 0 Å². The summed E-state index contributed by atoms with van der Waals surface area (Å²) in [5.74, 6) is 0.592. The smallest absolute Gasteiger partial charge is 0.274 e. The molecule has 0 bridgehead atoms. The highest BCUT2D eigenvalue weighted by Crippen LogP contribution is 2.32. The lowest BCUT2D eigenvalue weighted by Gasteiger charge is -2.32. The zero-order chi connectivity index (χ0) is 18.3. The Morgan fingerprint density at radius 3 is 2.77 bits per heavy atom. The van der Waals surface area contributed by atoms with E-state index in [4.69, 9.17) is 4.74 Å². The molecule has 0 aliphatic carbocycles. The van der Waals surface area contributed by atoms with Crippen LogP contribution in [0.2, 0.25) is 0 Å². The third-order valence-corrected chi connectivity index (χ3v) is 5.53. The van der Waals surface area contributed by atoms with Gasteiger partial charge in [-0.2, -0.15) is 5.10 Å². The first kappa shape index (κ1) is 17.2. The van der Waals surface area contributed by atoms with Crippen LogP contribution in [-0.2, 0) is 24.8 Å². The van der Waals surface area contributed by atoms with Crippen LogP contribution < -0.4 is 0 Å². The first-order valence-corrected chi connectivity index (χ1v) is 9.37.